The van der Waals surface area contributed by atoms with E-state index < -0.39 is 0 Å². The maximum atomic E-state index is 5.99. The Hall–Kier alpha value is -3.63. The zero-order valence-electron chi connectivity index (χ0n) is 22.2. The Labute approximate surface area is 217 Å². The topological polar surface area (TPSA) is 110 Å². The first kappa shape index (κ1) is 25.0. The third kappa shape index (κ3) is 5.40. The van der Waals surface area contributed by atoms with Gasteiger partial charge in [-0.3, -0.25) is 9.80 Å². The maximum absolute atomic E-state index is 5.99. The van der Waals surface area contributed by atoms with Crippen molar-refractivity contribution in [1.82, 2.24) is 29.5 Å². The van der Waals surface area contributed by atoms with Crippen LogP contribution in [0.15, 0.2) is 41.1 Å². The van der Waals surface area contributed by atoms with Crippen molar-refractivity contribution in [2.24, 2.45) is 0 Å². The summed E-state index contributed by atoms with van der Waals surface area (Å²) in [6.45, 7) is 10.6. The van der Waals surface area contributed by atoms with E-state index >= 15 is 0 Å². The molecule has 4 heterocycles. The molecule has 3 N–H and O–H groups in total. The minimum Gasteiger partial charge on any atom is -0.496 e. The summed E-state index contributed by atoms with van der Waals surface area (Å²) in [6, 6.07) is 11.6. The Bertz CT molecular complexity index is 1370. The Kier molecular flexibility index (Phi) is 7.03. The second kappa shape index (κ2) is 10.4. The molecule has 0 unspecified atom stereocenters. The standard InChI is InChI=1S/C27H36N8O2/c1-17(2)33(4)22-15-34(16-22)13-19-6-7-20(24(11-19)36-5)14-35-9-8-23-25(35)26(31-27(28)30-23)29-12-21-10-18(3)37-32-21/h6-11,17,22H,12-16H2,1-5H3,(H3,28,29,30,31). The molecule has 1 aliphatic rings. The van der Waals surface area contributed by atoms with Crippen LogP contribution in [0, 0.1) is 6.92 Å². The molecule has 1 fully saturated rings. The minimum absolute atomic E-state index is 0.221. The summed E-state index contributed by atoms with van der Waals surface area (Å²) < 4.78 is 13.1. The number of nitrogen functional groups attached to an aromatic ring is 1. The molecule has 0 aliphatic carbocycles. The lowest BCUT2D eigenvalue weighted by atomic mass is 10.0. The van der Waals surface area contributed by atoms with E-state index in [-0.39, 0.29) is 5.95 Å². The smallest absolute Gasteiger partial charge is 0.222 e. The predicted octanol–water partition coefficient (Wildman–Crippen LogP) is 3.50. The third-order valence-electron chi connectivity index (χ3n) is 7.17. The van der Waals surface area contributed by atoms with Gasteiger partial charge >= 0.3 is 0 Å². The lowest BCUT2D eigenvalue weighted by molar-refractivity contribution is 0.0279. The summed E-state index contributed by atoms with van der Waals surface area (Å²) in [6.07, 6.45) is 2.00. The quantitative estimate of drug-likeness (QED) is 0.335. The van der Waals surface area contributed by atoms with Gasteiger partial charge in [0.05, 0.1) is 25.7 Å². The van der Waals surface area contributed by atoms with Gasteiger partial charge in [0.1, 0.15) is 22.7 Å². The molecule has 5 rings (SSSR count). The molecule has 1 saturated heterocycles. The van der Waals surface area contributed by atoms with Crippen molar-refractivity contribution >= 4 is 22.8 Å². The number of anilines is 2. The number of hydrogen-bond acceptors (Lipinski definition) is 9. The number of methoxy groups -OCH3 is 1. The molecule has 0 radical (unpaired) electrons. The van der Waals surface area contributed by atoms with Gasteiger partial charge in [-0.15, -0.1) is 0 Å². The first-order valence-corrected chi connectivity index (χ1v) is 12.7. The van der Waals surface area contributed by atoms with Crippen LogP contribution >= 0.6 is 0 Å². The number of ether oxygens (including phenoxy) is 1. The summed E-state index contributed by atoms with van der Waals surface area (Å²) in [5, 5.41) is 7.40. The van der Waals surface area contributed by atoms with E-state index in [0.717, 1.165) is 53.4 Å². The Morgan fingerprint density at radius 2 is 2.00 bits per heavy atom. The summed E-state index contributed by atoms with van der Waals surface area (Å²) in [4.78, 5) is 13.8. The van der Waals surface area contributed by atoms with Gasteiger partial charge < -0.3 is 24.9 Å². The lowest BCUT2D eigenvalue weighted by Crippen LogP contribution is -2.59. The molecule has 196 valence electrons. The molecule has 1 aromatic carbocycles. The van der Waals surface area contributed by atoms with Crippen LogP contribution in [0.4, 0.5) is 11.8 Å². The van der Waals surface area contributed by atoms with Crippen molar-refractivity contribution in [1.29, 1.82) is 0 Å². The first-order chi connectivity index (χ1) is 17.8. The maximum Gasteiger partial charge on any atom is 0.222 e. The highest BCUT2D eigenvalue weighted by Gasteiger charge is 2.30. The second-order valence-electron chi connectivity index (χ2n) is 10.1. The van der Waals surface area contributed by atoms with Gasteiger partial charge in [-0.25, -0.2) is 4.98 Å². The SMILES string of the molecule is COc1cc(CN2CC(N(C)C(C)C)C2)ccc1Cn1ccc2nc(N)nc(NCc3cc(C)on3)c21. The molecule has 3 aromatic heterocycles. The van der Waals surface area contributed by atoms with E-state index in [1.807, 2.05) is 25.3 Å². The number of likely N-dealkylation sites (N-methyl/N-ethyl adjacent to an activating group) is 1. The predicted molar refractivity (Wildman–Crippen MR) is 145 cm³/mol. The van der Waals surface area contributed by atoms with E-state index in [2.05, 4.69) is 73.9 Å². The molecule has 10 heteroatoms. The van der Waals surface area contributed by atoms with Gasteiger partial charge in [0, 0.05) is 49.5 Å². The van der Waals surface area contributed by atoms with Crippen molar-refractivity contribution in [2.45, 2.75) is 52.5 Å². The Balaban J connectivity index is 1.32. The number of likely N-dealkylation sites (tertiary alicyclic amines) is 1. The van der Waals surface area contributed by atoms with Gasteiger partial charge in [-0.05, 0) is 45.5 Å². The molecule has 4 aromatic rings. The molecule has 1 aliphatic heterocycles. The molecule has 0 amide bonds. The van der Waals surface area contributed by atoms with E-state index in [0.29, 0.717) is 31.0 Å². The molecule has 0 saturated carbocycles. The Morgan fingerprint density at radius 1 is 1.19 bits per heavy atom. The van der Waals surface area contributed by atoms with Crippen LogP contribution in [0.2, 0.25) is 0 Å². The third-order valence-corrected chi connectivity index (χ3v) is 7.17. The van der Waals surface area contributed by atoms with Crippen molar-refractivity contribution in [3.8, 4) is 5.75 Å². The van der Waals surface area contributed by atoms with Crippen LogP contribution in [-0.2, 0) is 19.6 Å². The fraction of sp³-hybridized carbons (Fsp3) is 0.444. The van der Waals surface area contributed by atoms with Gasteiger partial charge in [0.15, 0.2) is 5.82 Å². The van der Waals surface area contributed by atoms with Gasteiger partial charge in [0.25, 0.3) is 0 Å². The van der Waals surface area contributed by atoms with Crippen LogP contribution < -0.4 is 15.8 Å². The van der Waals surface area contributed by atoms with Crippen LogP contribution in [0.5, 0.6) is 5.75 Å². The van der Waals surface area contributed by atoms with Gasteiger partial charge in [-0.1, -0.05) is 17.3 Å². The number of aryl methyl sites for hydroxylation is 1. The summed E-state index contributed by atoms with van der Waals surface area (Å²) >= 11 is 0. The zero-order chi connectivity index (χ0) is 26.1. The highest BCUT2D eigenvalue weighted by atomic mass is 16.5. The van der Waals surface area contributed by atoms with Crippen LogP contribution in [0.1, 0.15) is 36.4 Å². The van der Waals surface area contributed by atoms with E-state index in [1.165, 1.54) is 5.56 Å². The van der Waals surface area contributed by atoms with Crippen molar-refractivity contribution in [3.05, 3.63) is 59.1 Å². The van der Waals surface area contributed by atoms with Crippen LogP contribution in [0.25, 0.3) is 11.0 Å². The first-order valence-electron chi connectivity index (χ1n) is 12.7. The molecule has 0 atom stereocenters. The number of hydrogen-bond donors (Lipinski definition) is 2. The van der Waals surface area contributed by atoms with Gasteiger partial charge in [-0.2, -0.15) is 4.98 Å². The highest BCUT2D eigenvalue weighted by Crippen LogP contribution is 2.28. The van der Waals surface area contributed by atoms with Crippen LogP contribution in [0.3, 0.4) is 0 Å². The molecule has 37 heavy (non-hydrogen) atoms. The van der Waals surface area contributed by atoms with E-state index in [4.69, 9.17) is 15.0 Å². The molecule has 10 nitrogen and oxygen atoms in total. The Morgan fingerprint density at radius 3 is 2.70 bits per heavy atom. The highest BCUT2D eigenvalue weighted by molar-refractivity contribution is 5.87. The average molecular weight is 505 g/mol. The number of benzene rings is 1. The summed E-state index contributed by atoms with van der Waals surface area (Å²) in [5.74, 6) is 2.51. The number of nitrogens with two attached hydrogens (primary N) is 1. The molecular formula is C27H36N8O2. The fourth-order valence-electron chi connectivity index (χ4n) is 4.87. The summed E-state index contributed by atoms with van der Waals surface area (Å²) in [5.41, 5.74) is 10.8. The largest absolute Gasteiger partial charge is 0.496 e. The lowest BCUT2D eigenvalue weighted by Gasteiger charge is -2.45. The summed E-state index contributed by atoms with van der Waals surface area (Å²) in [7, 11) is 3.94. The second-order valence-corrected chi connectivity index (χ2v) is 10.1. The average Bonchev–Trinajstić information content (AvgIpc) is 3.45. The molecule has 0 bridgehead atoms. The van der Waals surface area contributed by atoms with Crippen molar-refractivity contribution < 1.29 is 9.26 Å². The van der Waals surface area contributed by atoms with Crippen molar-refractivity contribution in [3.63, 3.8) is 0 Å². The number of nitrogens with one attached hydrogen (secondary N) is 1. The molecule has 0 spiro atoms. The number of rotatable bonds is 10. The van der Waals surface area contributed by atoms with E-state index in [1.54, 1.807) is 7.11 Å². The van der Waals surface area contributed by atoms with E-state index in [9.17, 15) is 0 Å². The van der Waals surface area contributed by atoms with Crippen molar-refractivity contribution in [2.75, 3.05) is 38.3 Å². The zero-order valence-corrected chi connectivity index (χ0v) is 22.2. The number of fused-ring (bicyclic) bond motifs is 1. The fourth-order valence-corrected chi connectivity index (χ4v) is 4.87. The van der Waals surface area contributed by atoms with Gasteiger partial charge in [0.2, 0.25) is 5.95 Å². The monoisotopic (exact) mass is 504 g/mol. The minimum atomic E-state index is 0.221. The number of nitrogens with zero attached hydrogens (tertiary/aromatic N) is 6. The number of aromatic nitrogens is 4. The molecular weight excluding hydrogens is 468 g/mol. The normalized spacial score (nSPS) is 14.6. The van der Waals surface area contributed by atoms with Crippen LogP contribution in [-0.4, -0.2) is 68.8 Å².